The van der Waals surface area contributed by atoms with Crippen LogP contribution in [0.3, 0.4) is 0 Å². The molecular weight excluding hydrogens is 196 g/mol. The van der Waals surface area contributed by atoms with E-state index in [4.69, 9.17) is 10.2 Å². The molecule has 0 aromatic heterocycles. The number of carboxylic acid groups (broad SMARTS) is 1. The zero-order valence-electron chi connectivity index (χ0n) is 7.01. The fourth-order valence-corrected chi connectivity index (χ4v) is 2.39. The third-order valence-corrected chi connectivity index (χ3v) is 3.16. The molecule has 76 valence electrons. The summed E-state index contributed by atoms with van der Waals surface area (Å²) in [4.78, 5) is 10.6. The van der Waals surface area contributed by atoms with Gasteiger partial charge in [0, 0.05) is 6.54 Å². The standard InChI is InChI=1S/C6H12N2O4S/c7-13(11,12)8-4-2-1-3-5(8)6(9)10/h5H,1-4H2,(H,9,10)(H2,7,11,12)/t5-/m0/s1. The van der Waals surface area contributed by atoms with Crippen molar-refractivity contribution in [2.24, 2.45) is 5.14 Å². The number of piperidine rings is 1. The van der Waals surface area contributed by atoms with Gasteiger partial charge in [0.2, 0.25) is 0 Å². The monoisotopic (exact) mass is 208 g/mol. The molecule has 0 spiro atoms. The molecule has 0 saturated carbocycles. The Hall–Kier alpha value is -0.660. The van der Waals surface area contributed by atoms with E-state index >= 15 is 0 Å². The second kappa shape index (κ2) is 3.60. The molecule has 0 aromatic rings. The lowest BCUT2D eigenvalue weighted by atomic mass is 10.1. The van der Waals surface area contributed by atoms with Gasteiger partial charge in [-0.05, 0) is 19.3 Å². The summed E-state index contributed by atoms with van der Waals surface area (Å²) >= 11 is 0. The number of carboxylic acids is 1. The van der Waals surface area contributed by atoms with Gasteiger partial charge in [0.1, 0.15) is 6.04 Å². The topological polar surface area (TPSA) is 101 Å². The predicted octanol–water partition coefficient (Wildman–Crippen LogP) is -0.871. The SMILES string of the molecule is NS(=O)(=O)N1CCCC[C@H]1C(=O)O. The van der Waals surface area contributed by atoms with Gasteiger partial charge in [0.05, 0.1) is 0 Å². The highest BCUT2D eigenvalue weighted by Gasteiger charge is 2.34. The number of carbonyl (C=O) groups is 1. The molecule has 3 N–H and O–H groups in total. The van der Waals surface area contributed by atoms with Crippen LogP contribution in [0, 0.1) is 0 Å². The van der Waals surface area contributed by atoms with Crippen LogP contribution in [0.25, 0.3) is 0 Å². The van der Waals surface area contributed by atoms with Crippen molar-refractivity contribution in [3.8, 4) is 0 Å². The Kier molecular flexibility index (Phi) is 2.89. The molecule has 7 heteroatoms. The van der Waals surface area contributed by atoms with Gasteiger partial charge in [-0.25, -0.2) is 5.14 Å². The average molecular weight is 208 g/mol. The molecule has 1 heterocycles. The van der Waals surface area contributed by atoms with Crippen LogP contribution in [0.5, 0.6) is 0 Å². The van der Waals surface area contributed by atoms with Crippen LogP contribution in [0.4, 0.5) is 0 Å². The molecule has 1 saturated heterocycles. The number of rotatable bonds is 2. The number of nitrogens with zero attached hydrogens (tertiary/aromatic N) is 1. The van der Waals surface area contributed by atoms with Crippen LogP contribution >= 0.6 is 0 Å². The maximum atomic E-state index is 10.9. The van der Waals surface area contributed by atoms with E-state index < -0.39 is 22.2 Å². The number of aliphatic carboxylic acids is 1. The van der Waals surface area contributed by atoms with Crippen molar-refractivity contribution in [2.45, 2.75) is 25.3 Å². The van der Waals surface area contributed by atoms with E-state index in [-0.39, 0.29) is 6.54 Å². The lowest BCUT2D eigenvalue weighted by molar-refractivity contribution is -0.142. The van der Waals surface area contributed by atoms with Crippen molar-refractivity contribution < 1.29 is 18.3 Å². The molecule has 1 fully saturated rings. The molecule has 0 aliphatic carbocycles. The van der Waals surface area contributed by atoms with Gasteiger partial charge in [0.25, 0.3) is 10.2 Å². The fourth-order valence-electron chi connectivity index (χ4n) is 1.46. The Morgan fingerprint density at radius 3 is 2.46 bits per heavy atom. The third-order valence-electron chi connectivity index (χ3n) is 2.07. The molecule has 0 bridgehead atoms. The second-order valence-corrected chi connectivity index (χ2v) is 4.50. The van der Waals surface area contributed by atoms with Crippen LogP contribution < -0.4 is 5.14 Å². The Morgan fingerprint density at radius 1 is 1.46 bits per heavy atom. The van der Waals surface area contributed by atoms with E-state index in [1.54, 1.807) is 0 Å². The molecule has 1 aliphatic rings. The first-order valence-electron chi connectivity index (χ1n) is 3.95. The van der Waals surface area contributed by atoms with Gasteiger partial charge in [-0.2, -0.15) is 12.7 Å². The molecule has 6 nitrogen and oxygen atoms in total. The smallest absolute Gasteiger partial charge is 0.322 e. The van der Waals surface area contributed by atoms with Gasteiger partial charge >= 0.3 is 5.97 Å². The van der Waals surface area contributed by atoms with Crippen molar-refractivity contribution in [2.75, 3.05) is 6.54 Å². The summed E-state index contributed by atoms with van der Waals surface area (Å²) in [6.45, 7) is 0.204. The van der Waals surface area contributed by atoms with Crippen LogP contribution in [-0.2, 0) is 15.0 Å². The summed E-state index contributed by atoms with van der Waals surface area (Å²) in [7, 11) is -3.87. The molecule has 0 radical (unpaired) electrons. The van der Waals surface area contributed by atoms with E-state index in [1.807, 2.05) is 0 Å². The van der Waals surface area contributed by atoms with E-state index in [9.17, 15) is 13.2 Å². The molecule has 0 unspecified atom stereocenters. The number of hydrogen-bond acceptors (Lipinski definition) is 3. The second-order valence-electron chi connectivity index (χ2n) is 3.01. The Labute approximate surface area is 76.5 Å². The van der Waals surface area contributed by atoms with Gasteiger partial charge in [0.15, 0.2) is 0 Å². The van der Waals surface area contributed by atoms with E-state index in [2.05, 4.69) is 0 Å². The van der Waals surface area contributed by atoms with Crippen molar-refractivity contribution in [1.29, 1.82) is 0 Å². The summed E-state index contributed by atoms with van der Waals surface area (Å²) in [5, 5.41) is 13.6. The highest BCUT2D eigenvalue weighted by molar-refractivity contribution is 7.86. The van der Waals surface area contributed by atoms with E-state index in [0.29, 0.717) is 12.8 Å². The first kappa shape index (κ1) is 10.4. The van der Waals surface area contributed by atoms with Crippen LogP contribution in [0.1, 0.15) is 19.3 Å². The zero-order chi connectivity index (χ0) is 10.1. The minimum absolute atomic E-state index is 0.204. The molecule has 0 aromatic carbocycles. The maximum Gasteiger partial charge on any atom is 0.322 e. The Bertz CT molecular complexity index is 300. The quantitative estimate of drug-likeness (QED) is 0.615. The Balaban J connectivity index is 2.86. The lowest BCUT2D eigenvalue weighted by Crippen LogP contribution is -2.50. The predicted molar refractivity (Wildman–Crippen MR) is 45.1 cm³/mol. The van der Waals surface area contributed by atoms with Gasteiger partial charge in [-0.1, -0.05) is 0 Å². The molecule has 1 aliphatic heterocycles. The average Bonchev–Trinajstić information content (AvgIpc) is 2.03. The molecule has 1 atom stereocenters. The minimum atomic E-state index is -3.87. The molecule has 13 heavy (non-hydrogen) atoms. The Morgan fingerprint density at radius 2 is 2.08 bits per heavy atom. The first-order chi connectivity index (χ1) is 5.93. The minimum Gasteiger partial charge on any atom is -0.480 e. The highest BCUT2D eigenvalue weighted by atomic mass is 32.2. The largest absolute Gasteiger partial charge is 0.480 e. The summed E-state index contributed by atoms with van der Waals surface area (Å²) in [5.74, 6) is -1.13. The van der Waals surface area contributed by atoms with Crippen LogP contribution in [0.15, 0.2) is 0 Å². The molecular formula is C6H12N2O4S. The number of nitrogens with two attached hydrogens (primary N) is 1. The zero-order valence-corrected chi connectivity index (χ0v) is 7.83. The fraction of sp³-hybridized carbons (Fsp3) is 0.833. The van der Waals surface area contributed by atoms with Crippen LogP contribution in [-0.4, -0.2) is 36.4 Å². The van der Waals surface area contributed by atoms with Gasteiger partial charge < -0.3 is 5.11 Å². The third kappa shape index (κ3) is 2.39. The van der Waals surface area contributed by atoms with E-state index in [0.717, 1.165) is 10.7 Å². The summed E-state index contributed by atoms with van der Waals surface area (Å²) in [6, 6.07) is -0.983. The van der Waals surface area contributed by atoms with Crippen molar-refractivity contribution in [3.05, 3.63) is 0 Å². The normalized spacial score (nSPS) is 25.8. The molecule has 1 rings (SSSR count). The first-order valence-corrected chi connectivity index (χ1v) is 5.45. The summed E-state index contributed by atoms with van der Waals surface area (Å²) in [5.41, 5.74) is 0. The van der Waals surface area contributed by atoms with Crippen molar-refractivity contribution in [3.63, 3.8) is 0 Å². The summed E-state index contributed by atoms with van der Waals surface area (Å²) in [6.07, 6.45) is 1.73. The van der Waals surface area contributed by atoms with Gasteiger partial charge in [-0.15, -0.1) is 0 Å². The maximum absolute atomic E-state index is 10.9. The van der Waals surface area contributed by atoms with Gasteiger partial charge in [-0.3, -0.25) is 4.79 Å². The lowest BCUT2D eigenvalue weighted by Gasteiger charge is -2.29. The summed E-state index contributed by atoms with van der Waals surface area (Å²) < 4.78 is 22.7. The van der Waals surface area contributed by atoms with Crippen molar-refractivity contribution in [1.82, 2.24) is 4.31 Å². The number of hydrogen-bond donors (Lipinski definition) is 2. The van der Waals surface area contributed by atoms with Crippen LogP contribution in [0.2, 0.25) is 0 Å². The van der Waals surface area contributed by atoms with Crippen molar-refractivity contribution >= 4 is 16.2 Å². The highest BCUT2D eigenvalue weighted by Crippen LogP contribution is 2.18. The van der Waals surface area contributed by atoms with E-state index in [1.165, 1.54) is 0 Å². The molecule has 0 amide bonds.